The van der Waals surface area contributed by atoms with Gasteiger partial charge in [-0.15, -0.1) is 0 Å². The number of phenolic OH excluding ortho intramolecular Hbond substituents is 1. The first kappa shape index (κ1) is 27.3. The zero-order chi connectivity index (χ0) is 27.6. The number of fused-ring (bicyclic) bond motifs is 1. The van der Waals surface area contributed by atoms with Crippen LogP contribution in [0.2, 0.25) is 0 Å². The number of carbonyl (C=O) groups excluding carboxylic acids is 2. The summed E-state index contributed by atoms with van der Waals surface area (Å²) in [5.74, 6) is 0.903. The van der Waals surface area contributed by atoms with Gasteiger partial charge in [0.1, 0.15) is 5.75 Å². The Morgan fingerprint density at radius 1 is 1.05 bits per heavy atom. The lowest BCUT2D eigenvalue weighted by Crippen LogP contribution is -2.29. The number of phenols is 1. The summed E-state index contributed by atoms with van der Waals surface area (Å²) >= 11 is 0. The van der Waals surface area contributed by atoms with Gasteiger partial charge in [-0.05, 0) is 67.8 Å². The molecule has 204 valence electrons. The molecular formula is C29H31N3O7. The van der Waals surface area contributed by atoms with Crippen molar-refractivity contribution >= 4 is 29.1 Å². The minimum atomic E-state index is -0.786. The number of allylic oxidation sites excluding steroid dienone is 1. The van der Waals surface area contributed by atoms with E-state index in [1.807, 2.05) is 6.92 Å². The lowest BCUT2D eigenvalue weighted by atomic mass is 10.00. The van der Waals surface area contributed by atoms with Crippen molar-refractivity contribution in [3.05, 3.63) is 84.4 Å². The van der Waals surface area contributed by atoms with Gasteiger partial charge in [-0.25, -0.2) is 4.79 Å². The molecule has 1 heterocycles. The number of nitrogen functional groups attached to an aromatic ring is 1. The molecule has 0 fully saturated rings. The third-order valence-electron chi connectivity index (χ3n) is 5.90. The predicted molar refractivity (Wildman–Crippen MR) is 147 cm³/mol. The number of aromatic hydroxyl groups is 1. The number of carbonyl (C=O) groups is 2. The summed E-state index contributed by atoms with van der Waals surface area (Å²) in [5, 5.41) is 15.2. The second-order valence-corrected chi connectivity index (χ2v) is 8.66. The summed E-state index contributed by atoms with van der Waals surface area (Å²) in [6, 6.07) is 18.4. The van der Waals surface area contributed by atoms with E-state index in [1.54, 1.807) is 60.7 Å². The Kier molecular flexibility index (Phi) is 9.25. The number of nitrogens with two attached hydrogens (primary N) is 1. The second kappa shape index (κ2) is 13.2. The zero-order valence-electron chi connectivity index (χ0n) is 21.5. The quantitative estimate of drug-likeness (QED) is 0.190. The lowest BCUT2D eigenvalue weighted by Gasteiger charge is -2.27. The zero-order valence-corrected chi connectivity index (χ0v) is 21.5. The van der Waals surface area contributed by atoms with E-state index in [0.717, 1.165) is 0 Å². The maximum atomic E-state index is 12.9. The monoisotopic (exact) mass is 533 g/mol. The normalized spacial score (nSPS) is 13.6. The second-order valence-electron chi connectivity index (χ2n) is 8.66. The third kappa shape index (κ3) is 7.65. The highest BCUT2D eigenvalue weighted by Crippen LogP contribution is 2.35. The highest BCUT2D eigenvalue weighted by molar-refractivity contribution is 6.01. The van der Waals surface area contributed by atoms with Crippen LogP contribution in [0.4, 0.5) is 21.9 Å². The molecule has 3 aromatic rings. The van der Waals surface area contributed by atoms with Crippen molar-refractivity contribution < 1.29 is 33.6 Å². The van der Waals surface area contributed by atoms with Crippen LogP contribution in [0, 0.1) is 0 Å². The van der Waals surface area contributed by atoms with Gasteiger partial charge in [0.25, 0.3) is 0 Å². The molecule has 0 aromatic heterocycles. The lowest BCUT2D eigenvalue weighted by molar-refractivity contribution is -0.111. The van der Waals surface area contributed by atoms with E-state index in [1.165, 1.54) is 18.2 Å². The molecule has 0 aliphatic carbocycles. The van der Waals surface area contributed by atoms with Crippen molar-refractivity contribution in [3.63, 3.8) is 0 Å². The predicted octanol–water partition coefficient (Wildman–Crippen LogP) is 5.37. The van der Waals surface area contributed by atoms with Gasteiger partial charge in [0.05, 0.1) is 17.5 Å². The maximum absolute atomic E-state index is 12.9. The van der Waals surface area contributed by atoms with Crippen LogP contribution in [0.5, 0.6) is 17.2 Å². The molecule has 2 atom stereocenters. The standard InChI is InChI=1S/C29H31N3O7/c1-2-36-25(9-5-6-10-27(34)32-23-8-4-3-7-22(23)30)28(19-11-14-21(33)15-12-19)39-29(35)31-20-13-16-24-26(17-20)38-18-37-24/h3-4,6-8,10-17,25,28,33H,2,5,9,18,30H2,1H3,(H,31,35)(H,32,34)/b10-6+/t25-,28-/m0/s1. The third-order valence-corrected chi connectivity index (χ3v) is 5.90. The summed E-state index contributed by atoms with van der Waals surface area (Å²) in [5.41, 5.74) is 8.02. The maximum Gasteiger partial charge on any atom is 0.412 e. The molecule has 1 aliphatic rings. The van der Waals surface area contributed by atoms with Gasteiger partial charge in [-0.1, -0.05) is 30.3 Å². The number of anilines is 3. The minimum absolute atomic E-state index is 0.0864. The highest BCUT2D eigenvalue weighted by Gasteiger charge is 2.28. The van der Waals surface area contributed by atoms with E-state index >= 15 is 0 Å². The van der Waals surface area contributed by atoms with Crippen LogP contribution in [0.15, 0.2) is 78.9 Å². The van der Waals surface area contributed by atoms with Gasteiger partial charge in [-0.3, -0.25) is 10.1 Å². The topological polar surface area (TPSA) is 141 Å². The molecule has 0 bridgehead atoms. The summed E-state index contributed by atoms with van der Waals surface area (Å²) in [6.07, 6.45) is 2.08. The molecule has 0 radical (unpaired) electrons. The van der Waals surface area contributed by atoms with E-state index in [0.29, 0.717) is 53.6 Å². The highest BCUT2D eigenvalue weighted by atomic mass is 16.7. The molecule has 0 unspecified atom stereocenters. The van der Waals surface area contributed by atoms with E-state index in [2.05, 4.69) is 10.6 Å². The number of amides is 2. The van der Waals surface area contributed by atoms with Crippen molar-refractivity contribution in [1.82, 2.24) is 0 Å². The fourth-order valence-corrected chi connectivity index (χ4v) is 4.03. The largest absolute Gasteiger partial charge is 0.508 e. The molecular weight excluding hydrogens is 502 g/mol. The van der Waals surface area contributed by atoms with Crippen LogP contribution in [0.1, 0.15) is 31.4 Å². The summed E-state index contributed by atoms with van der Waals surface area (Å²) in [7, 11) is 0. The van der Waals surface area contributed by atoms with Gasteiger partial charge in [0, 0.05) is 18.4 Å². The van der Waals surface area contributed by atoms with Crippen molar-refractivity contribution in [3.8, 4) is 17.2 Å². The molecule has 2 amide bonds. The van der Waals surface area contributed by atoms with Crippen LogP contribution in [0.25, 0.3) is 0 Å². The van der Waals surface area contributed by atoms with E-state index < -0.39 is 18.3 Å². The first-order valence-corrected chi connectivity index (χ1v) is 12.5. The SMILES string of the molecule is CCO[C@@H](CC/C=C/C(=O)Nc1ccccc1N)[C@@H](OC(=O)Nc1ccc2c(c1)OCO2)c1ccc(O)cc1. The van der Waals surface area contributed by atoms with E-state index in [-0.39, 0.29) is 18.4 Å². The summed E-state index contributed by atoms with van der Waals surface area (Å²) < 4.78 is 22.5. The Morgan fingerprint density at radius 3 is 2.59 bits per heavy atom. The Hall–Kier alpha value is -4.70. The first-order chi connectivity index (χ1) is 18.9. The fourth-order valence-electron chi connectivity index (χ4n) is 4.03. The van der Waals surface area contributed by atoms with Gasteiger partial charge in [0.15, 0.2) is 17.6 Å². The van der Waals surface area contributed by atoms with Crippen molar-refractivity contribution in [1.29, 1.82) is 0 Å². The van der Waals surface area contributed by atoms with E-state index in [4.69, 9.17) is 24.7 Å². The molecule has 10 heteroatoms. The molecule has 0 spiro atoms. The average Bonchev–Trinajstić information content (AvgIpc) is 3.39. The van der Waals surface area contributed by atoms with Crippen LogP contribution in [-0.2, 0) is 14.3 Å². The number of hydrogen-bond acceptors (Lipinski definition) is 8. The molecule has 3 aromatic carbocycles. The molecule has 0 saturated heterocycles. The first-order valence-electron chi connectivity index (χ1n) is 12.5. The molecule has 1 aliphatic heterocycles. The Labute approximate surface area is 226 Å². The van der Waals surface area contributed by atoms with Gasteiger partial charge >= 0.3 is 6.09 Å². The van der Waals surface area contributed by atoms with Crippen molar-refractivity contribution in [2.45, 2.75) is 32.0 Å². The molecule has 39 heavy (non-hydrogen) atoms. The van der Waals surface area contributed by atoms with Crippen LogP contribution < -0.4 is 25.8 Å². The molecule has 10 nitrogen and oxygen atoms in total. The number of hydrogen-bond donors (Lipinski definition) is 4. The number of ether oxygens (including phenoxy) is 4. The van der Waals surface area contributed by atoms with Crippen LogP contribution in [0.3, 0.4) is 0 Å². The number of rotatable bonds is 11. The Balaban J connectivity index is 1.42. The fraction of sp³-hybridized carbons (Fsp3) is 0.241. The van der Waals surface area contributed by atoms with Crippen molar-refractivity contribution in [2.75, 3.05) is 29.8 Å². The molecule has 0 saturated carbocycles. The van der Waals surface area contributed by atoms with Gasteiger partial charge < -0.3 is 35.1 Å². The minimum Gasteiger partial charge on any atom is -0.508 e. The smallest absolute Gasteiger partial charge is 0.412 e. The molecule has 4 rings (SSSR count). The summed E-state index contributed by atoms with van der Waals surface area (Å²) in [6.45, 7) is 2.35. The summed E-state index contributed by atoms with van der Waals surface area (Å²) in [4.78, 5) is 25.2. The number of para-hydroxylation sites is 2. The van der Waals surface area contributed by atoms with Gasteiger partial charge in [-0.2, -0.15) is 0 Å². The number of benzene rings is 3. The number of nitrogens with one attached hydrogen (secondary N) is 2. The van der Waals surface area contributed by atoms with Crippen LogP contribution in [-0.4, -0.2) is 36.6 Å². The Morgan fingerprint density at radius 2 is 1.82 bits per heavy atom. The molecule has 5 N–H and O–H groups in total. The van der Waals surface area contributed by atoms with E-state index in [9.17, 15) is 14.7 Å². The average molecular weight is 534 g/mol. The Bertz CT molecular complexity index is 1310. The van der Waals surface area contributed by atoms with Crippen molar-refractivity contribution in [2.24, 2.45) is 0 Å². The van der Waals surface area contributed by atoms with Gasteiger partial charge in [0.2, 0.25) is 12.7 Å². The van der Waals surface area contributed by atoms with Crippen LogP contribution >= 0.6 is 0 Å².